The molecule has 84 valence electrons. The summed E-state index contributed by atoms with van der Waals surface area (Å²) >= 11 is 0. The normalized spacial score (nSPS) is 12.6. The lowest BCUT2D eigenvalue weighted by Crippen LogP contribution is -2.17. The summed E-state index contributed by atoms with van der Waals surface area (Å²) in [6.45, 7) is 1.66. The van der Waals surface area contributed by atoms with Crippen molar-refractivity contribution in [3.05, 3.63) is 29.8 Å². The van der Waals surface area contributed by atoms with Gasteiger partial charge in [-0.2, -0.15) is 0 Å². The molecule has 0 fully saturated rings. The minimum absolute atomic E-state index is 0.683. The van der Waals surface area contributed by atoms with Crippen LogP contribution in [0.25, 0.3) is 0 Å². The fourth-order valence-corrected chi connectivity index (χ4v) is 1.87. The van der Waals surface area contributed by atoms with E-state index in [2.05, 4.69) is 5.32 Å². The van der Waals surface area contributed by atoms with Gasteiger partial charge in [0, 0.05) is 35.0 Å². The Morgan fingerprint density at radius 3 is 2.80 bits per heavy atom. The van der Waals surface area contributed by atoms with E-state index in [1.807, 2.05) is 24.3 Å². The van der Waals surface area contributed by atoms with Crippen LogP contribution in [0.4, 0.5) is 5.69 Å². The summed E-state index contributed by atoms with van der Waals surface area (Å²) < 4.78 is 10.8. The first-order valence-corrected chi connectivity index (χ1v) is 6.77. The molecule has 0 heterocycles. The van der Waals surface area contributed by atoms with Crippen molar-refractivity contribution in [2.24, 2.45) is 0 Å². The Morgan fingerprint density at radius 2 is 2.13 bits per heavy atom. The number of nitrogen functional groups attached to an aromatic ring is 1. The topological polar surface area (TPSA) is 55.1 Å². The lowest BCUT2D eigenvalue weighted by Gasteiger charge is -2.06. The van der Waals surface area contributed by atoms with Crippen LogP contribution >= 0.6 is 0 Å². The maximum absolute atomic E-state index is 10.8. The molecule has 0 aliphatic carbocycles. The zero-order chi connectivity index (χ0) is 11.1. The maximum atomic E-state index is 10.8. The molecular formula is C11H18N2OS. The number of rotatable bonds is 6. The molecule has 0 spiro atoms. The largest absolute Gasteiger partial charge is 0.398 e. The summed E-state index contributed by atoms with van der Waals surface area (Å²) in [4.78, 5) is 0. The van der Waals surface area contributed by atoms with Gasteiger partial charge in [-0.05, 0) is 24.6 Å². The van der Waals surface area contributed by atoms with E-state index in [1.54, 1.807) is 6.26 Å². The van der Waals surface area contributed by atoms with Crippen molar-refractivity contribution in [2.45, 2.75) is 13.0 Å². The van der Waals surface area contributed by atoms with Gasteiger partial charge < -0.3 is 11.1 Å². The quantitative estimate of drug-likeness (QED) is 0.565. The van der Waals surface area contributed by atoms with Gasteiger partial charge in [-0.1, -0.05) is 18.2 Å². The SMILES string of the molecule is CS(=O)CCCNCc1ccccc1N. The molecule has 0 radical (unpaired) electrons. The van der Waals surface area contributed by atoms with Crippen molar-refractivity contribution in [1.82, 2.24) is 5.32 Å². The van der Waals surface area contributed by atoms with Crippen LogP contribution in [0.2, 0.25) is 0 Å². The third-order valence-corrected chi connectivity index (χ3v) is 3.02. The molecule has 0 amide bonds. The van der Waals surface area contributed by atoms with Crippen LogP contribution in [0, 0.1) is 0 Å². The molecular weight excluding hydrogens is 208 g/mol. The first kappa shape index (κ1) is 12.2. The lowest BCUT2D eigenvalue weighted by molar-refractivity contribution is 0.662. The lowest BCUT2D eigenvalue weighted by atomic mass is 10.2. The summed E-state index contributed by atoms with van der Waals surface area (Å²) in [5, 5.41) is 3.28. The molecule has 0 aromatic heterocycles. The Labute approximate surface area is 93.5 Å². The molecule has 0 aliphatic heterocycles. The van der Waals surface area contributed by atoms with E-state index in [0.717, 1.165) is 36.5 Å². The summed E-state index contributed by atoms with van der Waals surface area (Å²) in [6.07, 6.45) is 2.67. The van der Waals surface area contributed by atoms with Crippen molar-refractivity contribution in [2.75, 3.05) is 24.3 Å². The van der Waals surface area contributed by atoms with Crippen LogP contribution in [0.3, 0.4) is 0 Å². The second-order valence-corrected chi connectivity index (χ2v) is 5.06. The third-order valence-electron chi connectivity index (χ3n) is 2.16. The van der Waals surface area contributed by atoms with Gasteiger partial charge in [-0.25, -0.2) is 0 Å². The summed E-state index contributed by atoms with van der Waals surface area (Å²) in [5.74, 6) is 0.761. The highest BCUT2D eigenvalue weighted by Gasteiger charge is 1.96. The standard InChI is InChI=1S/C11H18N2OS/c1-15(14)8-4-7-13-9-10-5-2-3-6-11(10)12/h2-3,5-6,13H,4,7-9,12H2,1H3. The van der Waals surface area contributed by atoms with Crippen molar-refractivity contribution < 1.29 is 4.21 Å². The van der Waals surface area contributed by atoms with Crippen molar-refractivity contribution in [1.29, 1.82) is 0 Å². The minimum Gasteiger partial charge on any atom is -0.398 e. The van der Waals surface area contributed by atoms with Gasteiger partial charge in [0.1, 0.15) is 0 Å². The second kappa shape index (κ2) is 6.58. The molecule has 1 rings (SSSR count). The number of nitrogens with one attached hydrogen (secondary N) is 1. The Balaban J connectivity index is 2.21. The van der Waals surface area contributed by atoms with E-state index in [0.29, 0.717) is 0 Å². The van der Waals surface area contributed by atoms with Gasteiger partial charge in [0.2, 0.25) is 0 Å². The molecule has 1 aromatic rings. The smallest absolute Gasteiger partial charge is 0.0359 e. The fourth-order valence-electron chi connectivity index (χ4n) is 1.32. The van der Waals surface area contributed by atoms with Gasteiger partial charge in [0.25, 0.3) is 0 Å². The van der Waals surface area contributed by atoms with Crippen molar-refractivity contribution >= 4 is 16.5 Å². The molecule has 1 aromatic carbocycles. The first-order valence-electron chi connectivity index (χ1n) is 5.04. The number of benzene rings is 1. The van der Waals surface area contributed by atoms with E-state index in [1.165, 1.54) is 0 Å². The Hall–Kier alpha value is -0.870. The first-order chi connectivity index (χ1) is 7.20. The molecule has 0 saturated carbocycles. The van der Waals surface area contributed by atoms with Gasteiger partial charge >= 0.3 is 0 Å². The highest BCUT2D eigenvalue weighted by molar-refractivity contribution is 7.84. The monoisotopic (exact) mass is 226 g/mol. The second-order valence-electron chi connectivity index (χ2n) is 3.51. The Morgan fingerprint density at radius 1 is 1.40 bits per heavy atom. The Kier molecular flexibility index (Phi) is 5.36. The van der Waals surface area contributed by atoms with Gasteiger partial charge in [0.05, 0.1) is 0 Å². The highest BCUT2D eigenvalue weighted by atomic mass is 32.2. The molecule has 4 heteroatoms. The van der Waals surface area contributed by atoms with Crippen molar-refractivity contribution in [3.63, 3.8) is 0 Å². The predicted molar refractivity (Wildman–Crippen MR) is 66.1 cm³/mol. The molecule has 0 saturated heterocycles. The molecule has 0 aliphatic rings. The molecule has 15 heavy (non-hydrogen) atoms. The zero-order valence-corrected chi connectivity index (χ0v) is 9.85. The Bertz CT molecular complexity index is 328. The number of hydrogen-bond donors (Lipinski definition) is 2. The van der Waals surface area contributed by atoms with Crippen LogP contribution in [0.1, 0.15) is 12.0 Å². The highest BCUT2D eigenvalue weighted by Crippen LogP contribution is 2.09. The summed E-state index contributed by atoms with van der Waals surface area (Å²) in [6, 6.07) is 7.83. The molecule has 1 atom stereocenters. The van der Waals surface area contributed by atoms with Gasteiger partial charge in [-0.15, -0.1) is 0 Å². The number of hydrogen-bond acceptors (Lipinski definition) is 3. The summed E-state index contributed by atoms with van der Waals surface area (Å²) in [7, 11) is -0.683. The number of nitrogens with two attached hydrogens (primary N) is 1. The average molecular weight is 226 g/mol. The van der Waals surface area contributed by atoms with Crippen LogP contribution in [-0.2, 0) is 17.3 Å². The van der Waals surface area contributed by atoms with E-state index in [9.17, 15) is 4.21 Å². The van der Waals surface area contributed by atoms with E-state index in [-0.39, 0.29) is 0 Å². The van der Waals surface area contributed by atoms with Gasteiger partial charge in [-0.3, -0.25) is 4.21 Å². The zero-order valence-electron chi connectivity index (χ0n) is 9.03. The molecule has 0 bridgehead atoms. The predicted octanol–water partition coefficient (Wildman–Crippen LogP) is 1.13. The molecule has 3 nitrogen and oxygen atoms in total. The van der Waals surface area contributed by atoms with Gasteiger partial charge in [0.15, 0.2) is 0 Å². The molecule has 3 N–H and O–H groups in total. The van der Waals surface area contributed by atoms with Crippen LogP contribution in [0.5, 0.6) is 0 Å². The van der Waals surface area contributed by atoms with E-state index in [4.69, 9.17) is 5.73 Å². The van der Waals surface area contributed by atoms with Crippen LogP contribution in [-0.4, -0.2) is 22.8 Å². The maximum Gasteiger partial charge on any atom is 0.0359 e. The number of anilines is 1. The average Bonchev–Trinajstić information content (AvgIpc) is 2.20. The van der Waals surface area contributed by atoms with E-state index >= 15 is 0 Å². The van der Waals surface area contributed by atoms with Crippen LogP contribution < -0.4 is 11.1 Å². The van der Waals surface area contributed by atoms with Crippen LogP contribution in [0.15, 0.2) is 24.3 Å². The summed E-state index contributed by atoms with van der Waals surface area (Å²) in [5.41, 5.74) is 7.74. The fraction of sp³-hybridized carbons (Fsp3) is 0.455. The van der Waals surface area contributed by atoms with E-state index < -0.39 is 10.8 Å². The number of para-hydroxylation sites is 1. The minimum atomic E-state index is -0.683. The van der Waals surface area contributed by atoms with Crippen molar-refractivity contribution in [3.8, 4) is 0 Å². The molecule has 1 unspecified atom stereocenters. The third kappa shape index (κ3) is 4.95.